The summed E-state index contributed by atoms with van der Waals surface area (Å²) in [6.07, 6.45) is 6.35. The molecule has 0 spiro atoms. The van der Waals surface area contributed by atoms with Gasteiger partial charge in [-0.3, -0.25) is 4.98 Å². The van der Waals surface area contributed by atoms with Gasteiger partial charge in [-0.2, -0.15) is 4.98 Å². The molecule has 3 rings (SSSR count). The van der Waals surface area contributed by atoms with Crippen LogP contribution in [0.15, 0.2) is 29.1 Å². The first-order chi connectivity index (χ1) is 10.6. The molecule has 22 heavy (non-hydrogen) atoms. The number of halogens is 2. The summed E-state index contributed by atoms with van der Waals surface area (Å²) in [5.41, 5.74) is 0.779. The average Bonchev–Trinajstić information content (AvgIpc) is 2.49. The number of aliphatic hydroxyl groups is 1. The molecule has 1 aliphatic heterocycles. The van der Waals surface area contributed by atoms with Gasteiger partial charge in [-0.1, -0.05) is 11.6 Å². The predicted molar refractivity (Wildman–Crippen MR) is 89.7 cm³/mol. The molecule has 0 aromatic carbocycles. The summed E-state index contributed by atoms with van der Waals surface area (Å²) >= 11 is 9.58. The van der Waals surface area contributed by atoms with E-state index in [0.717, 1.165) is 29.5 Å². The second kappa shape index (κ2) is 6.76. The van der Waals surface area contributed by atoms with Crippen LogP contribution in [0.25, 0.3) is 0 Å². The number of nitrogens with one attached hydrogen (secondary N) is 1. The molecule has 1 saturated heterocycles. The molecule has 1 fully saturated rings. The van der Waals surface area contributed by atoms with E-state index >= 15 is 0 Å². The van der Waals surface area contributed by atoms with Gasteiger partial charge in [0.05, 0.1) is 24.2 Å². The molecule has 2 aromatic heterocycles. The maximum Gasteiger partial charge on any atom is 0.229 e. The lowest BCUT2D eigenvalue weighted by molar-refractivity contribution is 0.154. The number of aliphatic hydroxyl groups excluding tert-OH is 1. The lowest BCUT2D eigenvalue weighted by Gasteiger charge is -2.31. The van der Waals surface area contributed by atoms with Crippen molar-refractivity contribution in [3.63, 3.8) is 0 Å². The minimum absolute atomic E-state index is 0.342. The van der Waals surface area contributed by atoms with Crippen molar-refractivity contribution in [3.8, 4) is 0 Å². The first kappa shape index (κ1) is 15.5. The van der Waals surface area contributed by atoms with E-state index in [1.165, 1.54) is 0 Å². The Morgan fingerprint density at radius 1 is 1.36 bits per heavy atom. The molecule has 0 aliphatic carbocycles. The van der Waals surface area contributed by atoms with Crippen LogP contribution in [-0.2, 0) is 0 Å². The Morgan fingerprint density at radius 2 is 2.23 bits per heavy atom. The minimum atomic E-state index is -0.342. The van der Waals surface area contributed by atoms with E-state index in [4.69, 9.17) is 11.6 Å². The molecule has 0 radical (unpaired) electrons. The number of hydrogen-bond donors (Lipinski definition) is 2. The summed E-state index contributed by atoms with van der Waals surface area (Å²) in [7, 11) is 0. The zero-order valence-corrected chi connectivity index (χ0v) is 14.0. The van der Waals surface area contributed by atoms with Crippen molar-refractivity contribution in [3.05, 3.63) is 34.2 Å². The third-order valence-electron chi connectivity index (χ3n) is 3.38. The quantitative estimate of drug-likeness (QED) is 0.847. The number of piperidine rings is 1. The first-order valence-electron chi connectivity index (χ1n) is 6.95. The maximum absolute atomic E-state index is 9.81. The molecule has 8 heteroatoms. The number of aromatic nitrogens is 3. The molecule has 116 valence electrons. The molecular formula is C14H15BrClN5O. The third-order valence-corrected chi connectivity index (χ3v) is 4.08. The van der Waals surface area contributed by atoms with E-state index in [9.17, 15) is 5.11 Å². The molecular weight excluding hydrogens is 370 g/mol. The van der Waals surface area contributed by atoms with Crippen molar-refractivity contribution < 1.29 is 5.11 Å². The van der Waals surface area contributed by atoms with Gasteiger partial charge in [-0.15, -0.1) is 0 Å². The van der Waals surface area contributed by atoms with Crippen LogP contribution in [0.2, 0.25) is 5.02 Å². The van der Waals surface area contributed by atoms with E-state index in [1.54, 1.807) is 18.6 Å². The standard InChI is InChI=1S/C14H15BrClN5O/c15-9-4-10(6-17-5-9)19-14-18-7-12(16)13(20-14)21-3-1-2-11(22)8-21/h4-7,11,22H,1-3,8H2,(H,18,19,20)/t11-/m1/s1. The number of pyridine rings is 1. The van der Waals surface area contributed by atoms with Gasteiger partial charge in [0.25, 0.3) is 0 Å². The third kappa shape index (κ3) is 3.66. The average molecular weight is 385 g/mol. The second-order valence-corrected chi connectivity index (χ2v) is 6.45. The van der Waals surface area contributed by atoms with Crippen molar-refractivity contribution in [2.24, 2.45) is 0 Å². The summed E-state index contributed by atoms with van der Waals surface area (Å²) in [6, 6.07) is 1.88. The molecule has 2 aromatic rings. The van der Waals surface area contributed by atoms with Crippen LogP contribution >= 0.6 is 27.5 Å². The Balaban J connectivity index is 1.83. The number of anilines is 3. The molecule has 0 saturated carbocycles. The fourth-order valence-corrected chi connectivity index (χ4v) is 2.97. The van der Waals surface area contributed by atoms with Gasteiger partial charge in [0.1, 0.15) is 5.02 Å². The lowest BCUT2D eigenvalue weighted by atomic mass is 10.1. The van der Waals surface area contributed by atoms with E-state index in [0.29, 0.717) is 23.3 Å². The van der Waals surface area contributed by atoms with Crippen LogP contribution in [0.3, 0.4) is 0 Å². The number of β-amino-alcohol motifs (C(OH)–C–C–N with tert-alkyl or cyclic N) is 1. The zero-order valence-electron chi connectivity index (χ0n) is 11.7. The smallest absolute Gasteiger partial charge is 0.229 e. The van der Waals surface area contributed by atoms with Gasteiger partial charge in [0.2, 0.25) is 5.95 Å². The summed E-state index contributed by atoms with van der Waals surface area (Å²) < 4.78 is 0.867. The van der Waals surface area contributed by atoms with Gasteiger partial charge < -0.3 is 15.3 Å². The largest absolute Gasteiger partial charge is 0.391 e. The summed E-state index contributed by atoms with van der Waals surface area (Å²) in [5.74, 6) is 1.08. The van der Waals surface area contributed by atoms with Gasteiger partial charge in [-0.25, -0.2) is 4.98 Å². The fraction of sp³-hybridized carbons (Fsp3) is 0.357. The van der Waals surface area contributed by atoms with Crippen molar-refractivity contribution in [1.82, 2.24) is 15.0 Å². The lowest BCUT2D eigenvalue weighted by Crippen LogP contribution is -2.39. The van der Waals surface area contributed by atoms with Crippen molar-refractivity contribution in [2.75, 3.05) is 23.3 Å². The van der Waals surface area contributed by atoms with Gasteiger partial charge >= 0.3 is 0 Å². The predicted octanol–water partition coefficient (Wildman–Crippen LogP) is 2.99. The molecule has 1 atom stereocenters. The first-order valence-corrected chi connectivity index (χ1v) is 8.12. The summed E-state index contributed by atoms with van der Waals surface area (Å²) in [6.45, 7) is 1.36. The topological polar surface area (TPSA) is 74.2 Å². The Hall–Kier alpha value is -1.44. The number of nitrogens with zero attached hydrogens (tertiary/aromatic N) is 4. The van der Waals surface area contributed by atoms with Crippen LogP contribution < -0.4 is 10.2 Å². The number of hydrogen-bond acceptors (Lipinski definition) is 6. The summed E-state index contributed by atoms with van der Waals surface area (Å²) in [4.78, 5) is 14.7. The van der Waals surface area contributed by atoms with E-state index in [2.05, 4.69) is 36.2 Å². The van der Waals surface area contributed by atoms with Gasteiger partial charge in [-0.05, 0) is 34.8 Å². The van der Waals surface area contributed by atoms with Crippen LogP contribution in [0.4, 0.5) is 17.5 Å². The highest BCUT2D eigenvalue weighted by Gasteiger charge is 2.21. The van der Waals surface area contributed by atoms with Crippen LogP contribution in [-0.4, -0.2) is 39.3 Å². The van der Waals surface area contributed by atoms with Crippen molar-refractivity contribution in [2.45, 2.75) is 18.9 Å². The van der Waals surface area contributed by atoms with E-state index < -0.39 is 0 Å². The van der Waals surface area contributed by atoms with Crippen LogP contribution in [0.1, 0.15) is 12.8 Å². The van der Waals surface area contributed by atoms with E-state index in [-0.39, 0.29) is 6.10 Å². The van der Waals surface area contributed by atoms with Crippen molar-refractivity contribution >= 4 is 45.0 Å². The Bertz CT molecular complexity index is 671. The SMILES string of the molecule is O[C@@H]1CCCN(c2nc(Nc3cncc(Br)c3)ncc2Cl)C1. The Kier molecular flexibility index (Phi) is 4.75. The van der Waals surface area contributed by atoms with Gasteiger partial charge in [0.15, 0.2) is 5.82 Å². The van der Waals surface area contributed by atoms with Crippen LogP contribution in [0, 0.1) is 0 Å². The Morgan fingerprint density at radius 3 is 3.00 bits per heavy atom. The number of rotatable bonds is 3. The molecule has 0 bridgehead atoms. The Labute approximate surface area is 141 Å². The van der Waals surface area contributed by atoms with Crippen LogP contribution in [0.5, 0.6) is 0 Å². The molecule has 0 unspecified atom stereocenters. The second-order valence-electron chi connectivity index (χ2n) is 5.12. The zero-order chi connectivity index (χ0) is 15.5. The minimum Gasteiger partial charge on any atom is -0.391 e. The normalized spacial score (nSPS) is 18.3. The molecule has 0 amide bonds. The molecule has 2 N–H and O–H groups in total. The molecule has 6 nitrogen and oxygen atoms in total. The van der Waals surface area contributed by atoms with Gasteiger partial charge in [0, 0.05) is 23.8 Å². The maximum atomic E-state index is 9.81. The monoisotopic (exact) mass is 383 g/mol. The highest BCUT2D eigenvalue weighted by atomic mass is 79.9. The fourth-order valence-electron chi connectivity index (χ4n) is 2.40. The summed E-state index contributed by atoms with van der Waals surface area (Å²) in [5, 5.41) is 13.4. The highest BCUT2D eigenvalue weighted by molar-refractivity contribution is 9.10. The van der Waals surface area contributed by atoms with Crippen molar-refractivity contribution in [1.29, 1.82) is 0 Å². The molecule has 3 heterocycles. The highest BCUT2D eigenvalue weighted by Crippen LogP contribution is 2.27. The molecule has 1 aliphatic rings. The van der Waals surface area contributed by atoms with E-state index in [1.807, 2.05) is 11.0 Å².